The minimum atomic E-state index is -0.430. The Hall–Kier alpha value is -3.63. The Morgan fingerprint density at radius 3 is 2.74 bits per heavy atom. The van der Waals surface area contributed by atoms with Gasteiger partial charge in [-0.05, 0) is 43.5 Å². The molecule has 39 heavy (non-hydrogen) atoms. The molecule has 2 fully saturated rings. The molecular formula is C29H38N6O4. The molecule has 3 heterocycles. The summed E-state index contributed by atoms with van der Waals surface area (Å²) in [7, 11) is 3.30. The number of amides is 3. The van der Waals surface area contributed by atoms with Gasteiger partial charge >= 0.3 is 6.03 Å². The number of rotatable bonds is 8. The SMILES string of the molecule is COCCCn1c(C2CCCN(C(=O)[C@@H]3CN(C(=O)Nc4cccc(OC)c4)C[C@H]3N)C2)nc2ccccc21. The Morgan fingerprint density at radius 2 is 1.92 bits per heavy atom. The highest BCUT2D eigenvalue weighted by Gasteiger charge is 2.41. The van der Waals surface area contributed by atoms with Gasteiger partial charge in [-0.1, -0.05) is 18.2 Å². The largest absolute Gasteiger partial charge is 0.497 e. The quantitative estimate of drug-likeness (QED) is 0.429. The van der Waals surface area contributed by atoms with Gasteiger partial charge in [-0.2, -0.15) is 0 Å². The summed E-state index contributed by atoms with van der Waals surface area (Å²) in [6.07, 6.45) is 2.77. The number of hydrogen-bond acceptors (Lipinski definition) is 6. The fourth-order valence-electron chi connectivity index (χ4n) is 5.79. The molecule has 2 aliphatic heterocycles. The number of aromatic nitrogens is 2. The molecule has 5 rings (SSSR count). The number of piperidine rings is 1. The molecule has 3 amide bonds. The molecule has 10 nitrogen and oxygen atoms in total. The highest BCUT2D eigenvalue weighted by molar-refractivity contribution is 5.91. The summed E-state index contributed by atoms with van der Waals surface area (Å²) in [5.74, 6) is 1.42. The summed E-state index contributed by atoms with van der Waals surface area (Å²) in [6.45, 7) is 3.43. The van der Waals surface area contributed by atoms with Crippen LogP contribution in [0.3, 0.4) is 0 Å². The van der Waals surface area contributed by atoms with Crippen LogP contribution >= 0.6 is 0 Å². The smallest absolute Gasteiger partial charge is 0.321 e. The number of likely N-dealkylation sites (tertiary alicyclic amines) is 2. The zero-order chi connectivity index (χ0) is 27.4. The van der Waals surface area contributed by atoms with Crippen LogP contribution in [0.1, 0.15) is 31.0 Å². The van der Waals surface area contributed by atoms with E-state index in [0.717, 1.165) is 42.7 Å². The normalized spacial score (nSPS) is 21.4. The molecule has 208 valence electrons. The highest BCUT2D eigenvalue weighted by Crippen LogP contribution is 2.31. The number of imidazole rings is 1. The number of carbonyl (C=O) groups is 2. The standard InChI is InChI=1S/C29H38N6O4/c1-38-15-7-14-35-26-12-4-3-11-25(26)32-27(35)20-8-6-13-33(17-20)28(36)23-18-34(19-24(23)30)29(37)31-21-9-5-10-22(16-21)39-2/h3-5,9-12,16,20,23-24H,6-8,13-15,17-19,30H2,1-2H3,(H,31,37)/t20?,23-,24-/m1/s1. The zero-order valence-corrected chi connectivity index (χ0v) is 22.7. The molecular weight excluding hydrogens is 496 g/mol. The number of anilines is 1. The van der Waals surface area contributed by atoms with Crippen LogP contribution in [0, 0.1) is 5.92 Å². The van der Waals surface area contributed by atoms with E-state index in [1.165, 1.54) is 0 Å². The molecule has 0 spiro atoms. The number of carbonyl (C=O) groups excluding carboxylic acids is 2. The molecule has 2 saturated heterocycles. The summed E-state index contributed by atoms with van der Waals surface area (Å²) >= 11 is 0. The van der Waals surface area contributed by atoms with E-state index >= 15 is 0 Å². The number of hydrogen-bond donors (Lipinski definition) is 2. The number of nitrogens with zero attached hydrogens (tertiary/aromatic N) is 4. The lowest BCUT2D eigenvalue weighted by Crippen LogP contribution is -2.47. The third-order valence-electron chi connectivity index (χ3n) is 7.80. The van der Waals surface area contributed by atoms with Gasteiger partial charge in [0.05, 0.1) is 24.1 Å². The monoisotopic (exact) mass is 534 g/mol. The second kappa shape index (κ2) is 12.0. The molecule has 3 atom stereocenters. The van der Waals surface area contributed by atoms with Gasteiger partial charge in [-0.3, -0.25) is 4.79 Å². The molecule has 2 aliphatic rings. The molecule has 10 heteroatoms. The van der Waals surface area contributed by atoms with Crippen LogP contribution in [-0.4, -0.2) is 84.3 Å². The Morgan fingerprint density at radius 1 is 1.08 bits per heavy atom. The van der Waals surface area contributed by atoms with Crippen LogP contribution in [0.25, 0.3) is 11.0 Å². The number of fused-ring (bicyclic) bond motifs is 1. The second-order valence-corrected chi connectivity index (χ2v) is 10.4. The van der Waals surface area contributed by atoms with Crippen LogP contribution in [0.4, 0.5) is 10.5 Å². The van der Waals surface area contributed by atoms with Gasteiger partial charge < -0.3 is 34.9 Å². The molecule has 0 aliphatic carbocycles. The summed E-state index contributed by atoms with van der Waals surface area (Å²) in [6, 6.07) is 14.7. The van der Waals surface area contributed by atoms with Crippen molar-refractivity contribution in [2.75, 3.05) is 52.3 Å². The van der Waals surface area contributed by atoms with Crippen LogP contribution < -0.4 is 15.8 Å². The number of benzene rings is 2. The summed E-state index contributed by atoms with van der Waals surface area (Å²) in [4.78, 5) is 35.2. The van der Waals surface area contributed by atoms with E-state index in [1.54, 1.807) is 31.3 Å². The van der Waals surface area contributed by atoms with Gasteiger partial charge in [0.25, 0.3) is 0 Å². The van der Waals surface area contributed by atoms with Crippen LogP contribution in [0.15, 0.2) is 48.5 Å². The lowest BCUT2D eigenvalue weighted by Gasteiger charge is -2.35. The van der Waals surface area contributed by atoms with Crippen LogP contribution in [-0.2, 0) is 16.1 Å². The molecule has 1 unspecified atom stereocenters. The number of nitrogens with two attached hydrogens (primary N) is 1. The number of para-hydroxylation sites is 2. The van der Waals surface area contributed by atoms with Gasteiger partial charge in [0, 0.05) is 70.2 Å². The van der Waals surface area contributed by atoms with Crippen molar-refractivity contribution < 1.29 is 19.1 Å². The van der Waals surface area contributed by atoms with Crippen molar-refractivity contribution in [3.63, 3.8) is 0 Å². The van der Waals surface area contributed by atoms with Gasteiger partial charge in [-0.15, -0.1) is 0 Å². The maximum Gasteiger partial charge on any atom is 0.321 e. The van der Waals surface area contributed by atoms with Crippen molar-refractivity contribution in [3.05, 3.63) is 54.4 Å². The number of nitrogens with one attached hydrogen (secondary N) is 1. The minimum Gasteiger partial charge on any atom is -0.497 e. The van der Waals surface area contributed by atoms with E-state index in [2.05, 4.69) is 16.0 Å². The van der Waals surface area contributed by atoms with E-state index < -0.39 is 12.0 Å². The first kappa shape index (κ1) is 27.0. The fraction of sp³-hybridized carbons (Fsp3) is 0.483. The third kappa shape index (κ3) is 5.86. The molecule has 0 radical (unpaired) electrons. The van der Waals surface area contributed by atoms with E-state index in [1.807, 2.05) is 35.2 Å². The van der Waals surface area contributed by atoms with Crippen molar-refractivity contribution in [1.82, 2.24) is 19.4 Å². The van der Waals surface area contributed by atoms with Gasteiger partial charge in [0.1, 0.15) is 11.6 Å². The average Bonchev–Trinajstić information content (AvgIpc) is 3.54. The van der Waals surface area contributed by atoms with Crippen molar-refractivity contribution >= 4 is 28.7 Å². The minimum absolute atomic E-state index is 0.0194. The van der Waals surface area contributed by atoms with E-state index in [0.29, 0.717) is 44.2 Å². The first-order chi connectivity index (χ1) is 19.0. The lowest BCUT2D eigenvalue weighted by atomic mass is 9.94. The molecule has 0 saturated carbocycles. The summed E-state index contributed by atoms with van der Waals surface area (Å²) < 4.78 is 12.8. The number of ether oxygens (including phenoxy) is 2. The number of aryl methyl sites for hydroxylation is 1. The molecule has 2 aromatic carbocycles. The highest BCUT2D eigenvalue weighted by atomic mass is 16.5. The number of methoxy groups -OCH3 is 2. The van der Waals surface area contributed by atoms with Crippen molar-refractivity contribution in [2.45, 2.75) is 37.8 Å². The Kier molecular flexibility index (Phi) is 8.33. The van der Waals surface area contributed by atoms with Crippen LogP contribution in [0.2, 0.25) is 0 Å². The molecule has 3 N–H and O–H groups in total. The fourth-order valence-corrected chi connectivity index (χ4v) is 5.79. The molecule has 3 aromatic rings. The maximum absolute atomic E-state index is 13.7. The Balaban J connectivity index is 1.26. The topological polar surface area (TPSA) is 115 Å². The predicted molar refractivity (Wildman–Crippen MR) is 150 cm³/mol. The average molecular weight is 535 g/mol. The molecule has 1 aromatic heterocycles. The Bertz CT molecular complexity index is 1310. The van der Waals surface area contributed by atoms with E-state index in [9.17, 15) is 9.59 Å². The lowest BCUT2D eigenvalue weighted by molar-refractivity contribution is -0.136. The van der Waals surface area contributed by atoms with Crippen molar-refractivity contribution in [1.29, 1.82) is 0 Å². The van der Waals surface area contributed by atoms with Gasteiger partial charge in [-0.25, -0.2) is 9.78 Å². The zero-order valence-electron chi connectivity index (χ0n) is 22.7. The Labute approximate surface area is 229 Å². The van der Waals surface area contributed by atoms with Crippen LogP contribution in [0.5, 0.6) is 5.75 Å². The summed E-state index contributed by atoms with van der Waals surface area (Å²) in [5.41, 5.74) is 9.15. The van der Waals surface area contributed by atoms with E-state index in [4.69, 9.17) is 20.2 Å². The number of urea groups is 1. The van der Waals surface area contributed by atoms with Gasteiger partial charge in [0.2, 0.25) is 5.91 Å². The predicted octanol–water partition coefficient (Wildman–Crippen LogP) is 3.28. The maximum atomic E-state index is 13.7. The first-order valence-electron chi connectivity index (χ1n) is 13.7. The first-order valence-corrected chi connectivity index (χ1v) is 13.7. The van der Waals surface area contributed by atoms with E-state index in [-0.39, 0.29) is 17.9 Å². The van der Waals surface area contributed by atoms with Crippen molar-refractivity contribution in [2.24, 2.45) is 11.7 Å². The summed E-state index contributed by atoms with van der Waals surface area (Å²) in [5, 5.41) is 2.89. The third-order valence-corrected chi connectivity index (χ3v) is 7.80. The molecule has 0 bridgehead atoms. The van der Waals surface area contributed by atoms with Gasteiger partial charge in [0.15, 0.2) is 0 Å². The van der Waals surface area contributed by atoms with Crippen molar-refractivity contribution in [3.8, 4) is 5.75 Å². The second-order valence-electron chi connectivity index (χ2n) is 10.4.